The van der Waals surface area contributed by atoms with Gasteiger partial charge in [0, 0.05) is 17.5 Å². The van der Waals surface area contributed by atoms with Crippen LogP contribution in [0.4, 0.5) is 0 Å². The Morgan fingerprint density at radius 1 is 1.36 bits per heavy atom. The van der Waals surface area contributed by atoms with Crippen molar-refractivity contribution in [1.29, 1.82) is 0 Å². The van der Waals surface area contributed by atoms with E-state index >= 15 is 0 Å². The van der Waals surface area contributed by atoms with E-state index < -0.39 is 10.0 Å². The average molecular weight is 399 g/mol. The summed E-state index contributed by atoms with van der Waals surface area (Å²) in [5.74, 6) is 0.215. The maximum absolute atomic E-state index is 12.9. The van der Waals surface area contributed by atoms with E-state index in [4.69, 9.17) is 11.6 Å². The lowest BCUT2D eigenvalue weighted by Crippen LogP contribution is -2.25. The molecule has 3 aromatic rings. The molecule has 2 heterocycles. The Morgan fingerprint density at radius 2 is 2.12 bits per heavy atom. The molecule has 0 atom stereocenters. The lowest BCUT2D eigenvalue weighted by Gasteiger charge is -2.07. The summed E-state index contributed by atoms with van der Waals surface area (Å²) in [6.45, 7) is 6.07. The number of halogens is 1. The lowest BCUT2D eigenvalue weighted by molar-refractivity contribution is 0.571. The zero-order valence-corrected chi connectivity index (χ0v) is 16.5. The summed E-state index contributed by atoms with van der Waals surface area (Å²) in [6.07, 6.45) is 0.514. The van der Waals surface area contributed by atoms with E-state index in [1.807, 2.05) is 26.8 Å². The van der Waals surface area contributed by atoms with Gasteiger partial charge in [0.15, 0.2) is 5.03 Å². The Bertz CT molecular complexity index is 1010. The Kier molecular flexibility index (Phi) is 5.15. The van der Waals surface area contributed by atoms with Crippen LogP contribution in [0.1, 0.15) is 43.0 Å². The van der Waals surface area contributed by atoms with Crippen LogP contribution in [-0.2, 0) is 23.0 Å². The van der Waals surface area contributed by atoms with Crippen molar-refractivity contribution in [3.05, 3.63) is 45.6 Å². The molecule has 0 amide bonds. The topological polar surface area (TPSA) is 76.4 Å². The molecule has 1 aromatic carbocycles. The molecule has 0 saturated carbocycles. The molecule has 0 aliphatic rings. The van der Waals surface area contributed by atoms with Crippen molar-refractivity contribution in [2.45, 2.75) is 44.7 Å². The molecule has 0 unspecified atom stereocenters. The number of nitrogens with one attached hydrogen (secondary N) is 1. The molecule has 0 saturated heterocycles. The number of benzene rings is 1. The highest BCUT2D eigenvalue weighted by atomic mass is 35.5. The van der Waals surface area contributed by atoms with Gasteiger partial charge in [0.25, 0.3) is 10.0 Å². The van der Waals surface area contributed by atoms with E-state index in [1.165, 1.54) is 15.9 Å². The first kappa shape index (κ1) is 18.3. The maximum atomic E-state index is 12.9. The van der Waals surface area contributed by atoms with Crippen LogP contribution in [-0.4, -0.2) is 23.0 Å². The minimum Gasteiger partial charge on any atom is -0.221 e. The fourth-order valence-electron chi connectivity index (χ4n) is 2.41. The second-order valence-corrected chi connectivity index (χ2v) is 9.07. The first-order valence-corrected chi connectivity index (χ1v) is 10.6. The molecule has 0 aliphatic heterocycles. The van der Waals surface area contributed by atoms with E-state index in [9.17, 15) is 8.42 Å². The minimum atomic E-state index is -3.76. The van der Waals surface area contributed by atoms with Crippen LogP contribution >= 0.6 is 22.9 Å². The summed E-state index contributed by atoms with van der Waals surface area (Å²) in [6, 6.07) is 7.09. The lowest BCUT2D eigenvalue weighted by atomic mass is 10.2. The molecular weight excluding hydrogens is 380 g/mol. The quantitative estimate of drug-likeness (QED) is 0.688. The molecular formula is C16H19ClN4O2S2. The van der Waals surface area contributed by atoms with Gasteiger partial charge in [-0.1, -0.05) is 55.8 Å². The highest BCUT2D eigenvalue weighted by molar-refractivity contribution is 7.89. The number of fused-ring (bicyclic) bond motifs is 1. The van der Waals surface area contributed by atoms with Crippen molar-refractivity contribution >= 4 is 37.9 Å². The van der Waals surface area contributed by atoms with Gasteiger partial charge in [-0.3, -0.25) is 0 Å². The van der Waals surface area contributed by atoms with Crippen LogP contribution in [0.2, 0.25) is 5.02 Å². The molecule has 9 heteroatoms. The van der Waals surface area contributed by atoms with Gasteiger partial charge in [0.05, 0.1) is 5.69 Å². The Morgan fingerprint density at radius 3 is 2.76 bits per heavy atom. The highest BCUT2D eigenvalue weighted by Gasteiger charge is 2.27. The highest BCUT2D eigenvalue weighted by Crippen LogP contribution is 2.26. The second kappa shape index (κ2) is 7.03. The molecule has 0 bridgehead atoms. The molecule has 0 fully saturated rings. The van der Waals surface area contributed by atoms with Crippen LogP contribution in [0.3, 0.4) is 0 Å². The van der Waals surface area contributed by atoms with Crippen LogP contribution in [0.15, 0.2) is 29.3 Å². The number of hydrogen-bond acceptors (Lipinski definition) is 5. The van der Waals surface area contributed by atoms with Gasteiger partial charge >= 0.3 is 0 Å². The first-order chi connectivity index (χ1) is 11.8. The number of hydrogen-bond donors (Lipinski definition) is 1. The van der Waals surface area contributed by atoms with Crippen LogP contribution in [0, 0.1) is 0 Å². The van der Waals surface area contributed by atoms with Crippen molar-refractivity contribution in [3.63, 3.8) is 0 Å². The number of aryl methyl sites for hydroxylation is 1. The molecule has 6 nitrogen and oxygen atoms in total. The molecule has 25 heavy (non-hydrogen) atoms. The van der Waals surface area contributed by atoms with Crippen molar-refractivity contribution in [2.24, 2.45) is 0 Å². The summed E-state index contributed by atoms with van der Waals surface area (Å²) >= 11 is 7.37. The minimum absolute atomic E-state index is 0.121. The summed E-state index contributed by atoms with van der Waals surface area (Å²) in [5.41, 5.74) is 1.31. The second-order valence-electron chi connectivity index (χ2n) is 5.96. The Balaban J connectivity index is 1.97. The van der Waals surface area contributed by atoms with Crippen molar-refractivity contribution in [2.75, 3.05) is 0 Å². The summed E-state index contributed by atoms with van der Waals surface area (Å²) < 4.78 is 29.8. The average Bonchev–Trinajstić information content (AvgIpc) is 3.10. The van der Waals surface area contributed by atoms with Gasteiger partial charge < -0.3 is 0 Å². The van der Waals surface area contributed by atoms with Gasteiger partial charge in [0.1, 0.15) is 5.01 Å². The van der Waals surface area contributed by atoms with Crippen molar-refractivity contribution in [3.8, 4) is 0 Å². The van der Waals surface area contributed by atoms with E-state index in [1.54, 1.807) is 18.2 Å². The van der Waals surface area contributed by atoms with Gasteiger partial charge in [-0.05, 0) is 24.1 Å². The predicted molar refractivity (Wildman–Crippen MR) is 99.8 cm³/mol. The smallest absolute Gasteiger partial charge is 0.221 e. The number of rotatable bonds is 6. The third-order valence-corrected chi connectivity index (χ3v) is 6.57. The zero-order valence-electron chi connectivity index (χ0n) is 14.2. The SMILES string of the molecule is CCc1nc2sc(C(C)C)nn2c1S(=O)(=O)NCc1cccc(Cl)c1. The monoisotopic (exact) mass is 398 g/mol. The normalized spacial score (nSPS) is 12.4. The van der Waals surface area contributed by atoms with Gasteiger partial charge in [-0.15, -0.1) is 0 Å². The molecule has 0 spiro atoms. The van der Waals surface area contributed by atoms with E-state index in [-0.39, 0.29) is 17.5 Å². The fraction of sp³-hybridized carbons (Fsp3) is 0.375. The van der Waals surface area contributed by atoms with Gasteiger partial charge in [-0.25, -0.2) is 18.1 Å². The number of sulfonamides is 1. The molecule has 134 valence electrons. The summed E-state index contributed by atoms with van der Waals surface area (Å²) in [5, 5.41) is 6.00. The van der Waals surface area contributed by atoms with Gasteiger partial charge in [-0.2, -0.15) is 9.61 Å². The van der Waals surface area contributed by atoms with E-state index in [0.717, 1.165) is 10.6 Å². The Labute approximate surface area is 155 Å². The number of imidazole rings is 1. The van der Waals surface area contributed by atoms with E-state index in [2.05, 4.69) is 14.8 Å². The van der Waals surface area contributed by atoms with Crippen LogP contribution < -0.4 is 4.72 Å². The van der Waals surface area contributed by atoms with Crippen LogP contribution in [0.5, 0.6) is 0 Å². The third-order valence-electron chi connectivity index (χ3n) is 3.68. The fourth-order valence-corrected chi connectivity index (χ4v) is 4.95. The Hall–Kier alpha value is -1.48. The van der Waals surface area contributed by atoms with Crippen molar-refractivity contribution < 1.29 is 8.42 Å². The van der Waals surface area contributed by atoms with E-state index in [0.29, 0.717) is 22.1 Å². The predicted octanol–water partition coefficient (Wildman–Crippen LogP) is 3.61. The van der Waals surface area contributed by atoms with Crippen molar-refractivity contribution in [1.82, 2.24) is 19.3 Å². The van der Waals surface area contributed by atoms with Crippen LogP contribution in [0.25, 0.3) is 4.96 Å². The third kappa shape index (κ3) is 3.72. The maximum Gasteiger partial charge on any atom is 0.260 e. The first-order valence-electron chi connectivity index (χ1n) is 7.94. The summed E-state index contributed by atoms with van der Waals surface area (Å²) in [7, 11) is -3.76. The number of aromatic nitrogens is 3. The molecule has 0 radical (unpaired) electrons. The standard InChI is InChI=1S/C16H19ClN4O2S2/c1-4-13-15(21-16(19-13)24-14(20-21)10(2)3)25(22,23)18-9-11-6-5-7-12(17)8-11/h5-8,10,18H,4,9H2,1-3H3. The molecule has 2 aromatic heterocycles. The largest absolute Gasteiger partial charge is 0.260 e. The summed E-state index contributed by atoms with van der Waals surface area (Å²) in [4.78, 5) is 5.05. The number of nitrogens with zero attached hydrogens (tertiary/aromatic N) is 3. The molecule has 0 aliphatic carbocycles. The molecule has 1 N–H and O–H groups in total. The zero-order chi connectivity index (χ0) is 18.2. The van der Waals surface area contributed by atoms with Gasteiger partial charge in [0.2, 0.25) is 4.96 Å². The molecule has 3 rings (SSSR count).